The molecule has 0 fully saturated rings. The van der Waals surface area contributed by atoms with Crippen LogP contribution >= 0.6 is 11.3 Å². The minimum Gasteiger partial charge on any atom is -0.493 e. The molecule has 1 aromatic carbocycles. The van der Waals surface area contributed by atoms with Crippen LogP contribution in [-0.4, -0.2) is 30.8 Å². The first-order chi connectivity index (χ1) is 11.5. The first-order valence-corrected chi connectivity index (χ1v) is 8.33. The van der Waals surface area contributed by atoms with Crippen molar-refractivity contribution in [3.63, 3.8) is 0 Å². The van der Waals surface area contributed by atoms with Crippen LogP contribution in [0.15, 0.2) is 28.7 Å². The number of hydrogen-bond donors (Lipinski definition) is 1. The van der Waals surface area contributed by atoms with E-state index >= 15 is 0 Å². The number of methoxy groups -OCH3 is 2. The molecular weight excluding hydrogens is 326 g/mol. The van der Waals surface area contributed by atoms with E-state index in [-0.39, 0.29) is 12.3 Å². The number of thiazole rings is 1. The lowest BCUT2D eigenvalue weighted by Crippen LogP contribution is -2.21. The van der Waals surface area contributed by atoms with Crippen molar-refractivity contribution in [3.8, 4) is 11.5 Å². The summed E-state index contributed by atoms with van der Waals surface area (Å²) in [5.74, 6) is 1.18. The van der Waals surface area contributed by atoms with Gasteiger partial charge < -0.3 is 9.47 Å². The van der Waals surface area contributed by atoms with Crippen molar-refractivity contribution in [2.75, 3.05) is 14.2 Å². The fourth-order valence-electron chi connectivity index (χ4n) is 2.18. The van der Waals surface area contributed by atoms with Gasteiger partial charge in [-0.2, -0.15) is 5.10 Å². The first-order valence-electron chi connectivity index (χ1n) is 7.45. The minimum absolute atomic E-state index is 0.174. The molecule has 0 unspecified atom stereocenters. The number of hydrazone groups is 1. The quantitative estimate of drug-likeness (QED) is 0.617. The Kier molecular flexibility index (Phi) is 6.31. The van der Waals surface area contributed by atoms with Crippen LogP contribution in [0.1, 0.15) is 23.2 Å². The van der Waals surface area contributed by atoms with E-state index in [9.17, 15) is 4.79 Å². The third-order valence-electron chi connectivity index (χ3n) is 3.29. The molecule has 2 aromatic rings. The lowest BCUT2D eigenvalue weighted by molar-refractivity contribution is -0.120. The van der Waals surface area contributed by atoms with E-state index in [0.29, 0.717) is 17.9 Å². The van der Waals surface area contributed by atoms with Crippen LogP contribution in [0.2, 0.25) is 0 Å². The maximum Gasteiger partial charge on any atom is 0.246 e. The summed E-state index contributed by atoms with van der Waals surface area (Å²) in [6.07, 6.45) is 0.841. The van der Waals surface area contributed by atoms with Crippen molar-refractivity contribution in [2.24, 2.45) is 5.10 Å². The average molecular weight is 347 g/mol. The summed E-state index contributed by atoms with van der Waals surface area (Å²) < 4.78 is 10.5. The average Bonchev–Trinajstić information content (AvgIpc) is 2.97. The maximum absolute atomic E-state index is 11.9. The molecule has 1 heterocycles. The van der Waals surface area contributed by atoms with Crippen LogP contribution in [-0.2, 0) is 17.6 Å². The largest absolute Gasteiger partial charge is 0.493 e. The van der Waals surface area contributed by atoms with Crippen LogP contribution in [0, 0.1) is 6.92 Å². The van der Waals surface area contributed by atoms with E-state index in [4.69, 9.17) is 9.47 Å². The summed E-state index contributed by atoms with van der Waals surface area (Å²) in [4.78, 5) is 16.1. The Morgan fingerprint density at radius 3 is 2.62 bits per heavy atom. The van der Waals surface area contributed by atoms with Crippen LogP contribution in [0.5, 0.6) is 11.5 Å². The van der Waals surface area contributed by atoms with Gasteiger partial charge in [0.25, 0.3) is 0 Å². The summed E-state index contributed by atoms with van der Waals surface area (Å²) in [6, 6.07) is 5.70. The molecule has 128 valence electrons. The summed E-state index contributed by atoms with van der Waals surface area (Å²) in [5.41, 5.74) is 5.16. The van der Waals surface area contributed by atoms with Crippen molar-refractivity contribution in [3.05, 3.63) is 39.8 Å². The van der Waals surface area contributed by atoms with Crippen LogP contribution in [0.4, 0.5) is 0 Å². The van der Waals surface area contributed by atoms with Crippen LogP contribution in [0.3, 0.4) is 0 Å². The molecule has 0 saturated carbocycles. The Morgan fingerprint density at radius 1 is 1.25 bits per heavy atom. The number of ether oxygens (including phenoxy) is 2. The number of hydrogen-bond acceptors (Lipinski definition) is 6. The molecule has 7 heteroatoms. The van der Waals surface area contributed by atoms with Crippen molar-refractivity contribution < 1.29 is 14.3 Å². The molecule has 0 atom stereocenters. The van der Waals surface area contributed by atoms with Crippen molar-refractivity contribution >= 4 is 23.0 Å². The summed E-state index contributed by atoms with van der Waals surface area (Å²) in [7, 11) is 3.20. The molecule has 24 heavy (non-hydrogen) atoms. The standard InChI is InChI=1S/C17H21N3O3S/c1-11(7-13-5-6-15(22-3)16(8-13)23-4)19-20-17(21)9-14-10-24-12(2)18-14/h5-6,8,10H,7,9H2,1-4H3,(H,20,21)/b19-11-. The fraction of sp³-hybridized carbons (Fsp3) is 0.353. The molecule has 2 rings (SSSR count). The van der Waals surface area contributed by atoms with Gasteiger partial charge in [-0.15, -0.1) is 11.3 Å². The highest BCUT2D eigenvalue weighted by molar-refractivity contribution is 7.09. The normalized spacial score (nSPS) is 11.2. The molecule has 6 nitrogen and oxygen atoms in total. The van der Waals surface area contributed by atoms with Gasteiger partial charge in [-0.1, -0.05) is 6.07 Å². The SMILES string of the molecule is COc1ccc(C/C(C)=N\NC(=O)Cc2csc(C)n2)cc1OC. The van der Waals surface area contributed by atoms with E-state index in [0.717, 1.165) is 22.0 Å². The van der Waals surface area contributed by atoms with Gasteiger partial charge >= 0.3 is 0 Å². The van der Waals surface area contributed by atoms with E-state index in [1.165, 1.54) is 11.3 Å². The first kappa shape index (κ1) is 17.9. The number of nitrogens with one attached hydrogen (secondary N) is 1. The van der Waals surface area contributed by atoms with Crippen molar-refractivity contribution in [1.82, 2.24) is 10.4 Å². The Hall–Kier alpha value is -2.41. The Labute approximate surface area is 145 Å². The summed E-state index contributed by atoms with van der Waals surface area (Å²) in [6.45, 7) is 3.78. The van der Waals surface area contributed by atoms with Crippen LogP contribution < -0.4 is 14.9 Å². The molecule has 0 aliphatic carbocycles. The number of aryl methyl sites for hydroxylation is 1. The zero-order valence-electron chi connectivity index (χ0n) is 14.3. The lowest BCUT2D eigenvalue weighted by atomic mass is 10.1. The van der Waals surface area contributed by atoms with E-state index in [2.05, 4.69) is 15.5 Å². The van der Waals surface area contributed by atoms with Crippen molar-refractivity contribution in [2.45, 2.75) is 26.7 Å². The van der Waals surface area contributed by atoms with Gasteiger partial charge in [-0.05, 0) is 31.5 Å². The highest BCUT2D eigenvalue weighted by Crippen LogP contribution is 2.27. The fourth-order valence-corrected chi connectivity index (χ4v) is 2.79. The second kappa shape index (κ2) is 8.44. The second-order valence-corrected chi connectivity index (χ2v) is 6.35. The molecule has 0 aliphatic rings. The Bertz CT molecular complexity index is 740. The van der Waals surface area contributed by atoms with Gasteiger partial charge in [0.05, 0.1) is 31.3 Å². The van der Waals surface area contributed by atoms with Crippen molar-refractivity contribution in [1.29, 1.82) is 0 Å². The molecule has 0 bridgehead atoms. The Balaban J connectivity index is 1.92. The molecular formula is C17H21N3O3S. The molecule has 0 radical (unpaired) electrons. The molecule has 1 N–H and O–H groups in total. The number of amides is 1. The van der Waals surface area contributed by atoms with Gasteiger partial charge in [0.2, 0.25) is 5.91 Å². The number of carbonyl (C=O) groups excluding carboxylic acids is 1. The highest BCUT2D eigenvalue weighted by atomic mass is 32.1. The third kappa shape index (κ3) is 5.06. The predicted molar refractivity (Wildman–Crippen MR) is 95.1 cm³/mol. The monoisotopic (exact) mass is 347 g/mol. The lowest BCUT2D eigenvalue weighted by Gasteiger charge is -2.09. The molecule has 0 aliphatic heterocycles. The second-order valence-electron chi connectivity index (χ2n) is 5.28. The van der Waals surface area contributed by atoms with Gasteiger partial charge in [-0.25, -0.2) is 10.4 Å². The number of rotatable bonds is 7. The predicted octanol–water partition coefficient (Wildman–Crippen LogP) is 2.75. The molecule has 1 amide bonds. The minimum atomic E-state index is -0.174. The number of aromatic nitrogens is 1. The van der Waals surface area contributed by atoms with Crippen LogP contribution in [0.25, 0.3) is 0 Å². The summed E-state index contributed by atoms with van der Waals surface area (Å²) >= 11 is 1.53. The summed E-state index contributed by atoms with van der Waals surface area (Å²) in [5, 5.41) is 6.98. The topological polar surface area (TPSA) is 72.8 Å². The van der Waals surface area contributed by atoms with Gasteiger partial charge in [0.15, 0.2) is 11.5 Å². The number of benzene rings is 1. The highest BCUT2D eigenvalue weighted by Gasteiger charge is 2.07. The van der Waals surface area contributed by atoms with E-state index in [1.54, 1.807) is 14.2 Å². The number of nitrogens with zero attached hydrogens (tertiary/aromatic N) is 2. The zero-order chi connectivity index (χ0) is 17.5. The van der Waals surface area contributed by atoms with E-state index < -0.39 is 0 Å². The van der Waals surface area contributed by atoms with E-state index in [1.807, 2.05) is 37.4 Å². The molecule has 1 aromatic heterocycles. The van der Waals surface area contributed by atoms with Gasteiger partial charge in [0.1, 0.15) is 0 Å². The molecule has 0 saturated heterocycles. The van der Waals surface area contributed by atoms with Gasteiger partial charge in [-0.3, -0.25) is 4.79 Å². The maximum atomic E-state index is 11.9. The molecule has 0 spiro atoms. The zero-order valence-corrected chi connectivity index (χ0v) is 15.1. The number of carbonyl (C=O) groups is 1. The smallest absolute Gasteiger partial charge is 0.246 e. The third-order valence-corrected chi connectivity index (χ3v) is 4.11. The van der Waals surface area contributed by atoms with Gasteiger partial charge in [0, 0.05) is 17.5 Å². The Morgan fingerprint density at radius 2 is 2.00 bits per heavy atom.